The van der Waals surface area contributed by atoms with E-state index in [4.69, 9.17) is 11.6 Å². The van der Waals surface area contributed by atoms with E-state index in [1.165, 1.54) is 6.08 Å². The molecule has 1 amide bonds. The monoisotopic (exact) mass is 285 g/mol. The molecule has 6 heteroatoms. The Labute approximate surface area is 111 Å². The zero-order chi connectivity index (χ0) is 13.2. The molecule has 1 fully saturated rings. The van der Waals surface area contributed by atoms with E-state index in [0.29, 0.717) is 11.4 Å². The second-order valence-electron chi connectivity index (χ2n) is 3.96. The van der Waals surface area contributed by atoms with Crippen molar-refractivity contribution in [1.29, 1.82) is 0 Å². The van der Waals surface area contributed by atoms with Crippen LogP contribution in [0.3, 0.4) is 0 Å². The summed E-state index contributed by atoms with van der Waals surface area (Å²) in [7, 11) is -3.39. The molecule has 1 aromatic rings. The van der Waals surface area contributed by atoms with E-state index in [0.717, 1.165) is 9.87 Å². The van der Waals surface area contributed by atoms with Gasteiger partial charge in [0.15, 0.2) is 0 Å². The van der Waals surface area contributed by atoms with Crippen LogP contribution in [0, 0.1) is 0 Å². The summed E-state index contributed by atoms with van der Waals surface area (Å²) in [5.74, 6) is -0.449. The topological polar surface area (TPSA) is 54.5 Å². The average Bonchev–Trinajstić information content (AvgIpc) is 2.68. The van der Waals surface area contributed by atoms with Crippen molar-refractivity contribution in [2.24, 2.45) is 0 Å². The number of hydrogen-bond donors (Lipinski definition) is 0. The molecular formula is C12H12ClNO3S. The predicted molar refractivity (Wildman–Crippen MR) is 70.6 cm³/mol. The van der Waals surface area contributed by atoms with Crippen LogP contribution in [0.4, 0.5) is 0 Å². The molecule has 0 radical (unpaired) electrons. The number of carbonyl (C=O) groups excluding carboxylic acids is 1. The van der Waals surface area contributed by atoms with Crippen LogP contribution in [0.15, 0.2) is 30.3 Å². The third kappa shape index (κ3) is 2.91. The fourth-order valence-corrected chi connectivity index (χ4v) is 3.29. The van der Waals surface area contributed by atoms with E-state index in [9.17, 15) is 13.2 Å². The van der Waals surface area contributed by atoms with Crippen molar-refractivity contribution in [1.82, 2.24) is 4.31 Å². The lowest BCUT2D eigenvalue weighted by Crippen LogP contribution is -2.30. The highest BCUT2D eigenvalue weighted by molar-refractivity contribution is 7.89. The smallest absolute Gasteiger partial charge is 0.260 e. The van der Waals surface area contributed by atoms with Crippen molar-refractivity contribution in [3.63, 3.8) is 0 Å². The standard InChI is InChI=1S/C12H12ClNO3S/c13-11-5-2-10(3-6-11)4-7-12(15)14-8-1-9-18(14,16)17/h2-7H,1,8-9H2/b7-4+. The molecule has 0 aromatic heterocycles. The Bertz CT molecular complexity index is 578. The van der Waals surface area contributed by atoms with Crippen molar-refractivity contribution in [2.75, 3.05) is 12.3 Å². The Morgan fingerprint density at radius 1 is 1.28 bits per heavy atom. The molecule has 0 spiro atoms. The third-order valence-electron chi connectivity index (χ3n) is 2.63. The predicted octanol–water partition coefficient (Wildman–Crippen LogP) is 1.92. The van der Waals surface area contributed by atoms with Gasteiger partial charge in [-0.05, 0) is 30.2 Å². The van der Waals surface area contributed by atoms with E-state index in [2.05, 4.69) is 0 Å². The van der Waals surface area contributed by atoms with Crippen molar-refractivity contribution in [2.45, 2.75) is 6.42 Å². The van der Waals surface area contributed by atoms with Crippen molar-refractivity contribution in [3.05, 3.63) is 40.9 Å². The average molecular weight is 286 g/mol. The number of amides is 1. The first kappa shape index (κ1) is 13.1. The normalized spacial score (nSPS) is 18.4. The number of nitrogens with zero attached hydrogens (tertiary/aromatic N) is 1. The number of hydrogen-bond acceptors (Lipinski definition) is 3. The van der Waals surface area contributed by atoms with Gasteiger partial charge in [-0.15, -0.1) is 0 Å². The van der Waals surface area contributed by atoms with Gasteiger partial charge in [-0.2, -0.15) is 0 Å². The van der Waals surface area contributed by atoms with Crippen LogP contribution in [0.1, 0.15) is 12.0 Å². The number of halogens is 1. The minimum Gasteiger partial charge on any atom is -0.269 e. The van der Waals surface area contributed by atoms with E-state index in [1.807, 2.05) is 0 Å². The zero-order valence-electron chi connectivity index (χ0n) is 9.54. The first-order chi connectivity index (χ1) is 8.49. The Morgan fingerprint density at radius 2 is 1.94 bits per heavy atom. The molecule has 1 aliphatic rings. The van der Waals surface area contributed by atoms with Crippen LogP contribution in [0.5, 0.6) is 0 Å². The van der Waals surface area contributed by atoms with E-state index in [-0.39, 0.29) is 12.3 Å². The fourth-order valence-electron chi connectivity index (χ4n) is 1.71. The molecule has 1 saturated heterocycles. The van der Waals surface area contributed by atoms with Gasteiger partial charge < -0.3 is 0 Å². The lowest BCUT2D eigenvalue weighted by atomic mass is 10.2. The van der Waals surface area contributed by atoms with Gasteiger partial charge in [0.2, 0.25) is 10.0 Å². The van der Waals surface area contributed by atoms with Gasteiger partial charge in [-0.3, -0.25) is 4.79 Å². The molecule has 2 rings (SSSR count). The summed E-state index contributed by atoms with van der Waals surface area (Å²) in [4.78, 5) is 11.7. The highest BCUT2D eigenvalue weighted by atomic mass is 35.5. The number of rotatable bonds is 2. The minimum absolute atomic E-state index is 0.0491. The molecule has 1 aromatic carbocycles. The van der Waals surface area contributed by atoms with Gasteiger partial charge in [0.1, 0.15) is 0 Å². The summed E-state index contributed by atoms with van der Waals surface area (Å²) >= 11 is 5.74. The van der Waals surface area contributed by atoms with Crippen LogP contribution in [0.25, 0.3) is 6.08 Å². The molecule has 1 heterocycles. The highest BCUT2D eigenvalue weighted by Crippen LogP contribution is 2.15. The van der Waals surface area contributed by atoms with Crippen LogP contribution >= 0.6 is 11.6 Å². The quantitative estimate of drug-likeness (QED) is 0.780. The van der Waals surface area contributed by atoms with Crippen LogP contribution in [-0.4, -0.2) is 30.9 Å². The number of carbonyl (C=O) groups is 1. The van der Waals surface area contributed by atoms with Crippen molar-refractivity contribution < 1.29 is 13.2 Å². The molecule has 0 unspecified atom stereocenters. The van der Waals surface area contributed by atoms with Crippen molar-refractivity contribution >= 4 is 33.6 Å². The summed E-state index contributed by atoms with van der Waals surface area (Å²) in [6, 6.07) is 6.92. The van der Waals surface area contributed by atoms with Gasteiger partial charge in [-0.1, -0.05) is 23.7 Å². The second kappa shape index (κ2) is 5.12. The SMILES string of the molecule is O=C(/C=C/c1ccc(Cl)cc1)N1CCCS1(=O)=O. The molecule has 0 saturated carbocycles. The lowest BCUT2D eigenvalue weighted by Gasteiger charge is -2.11. The van der Waals surface area contributed by atoms with Gasteiger partial charge in [-0.25, -0.2) is 12.7 Å². The summed E-state index contributed by atoms with van der Waals surface area (Å²) in [6.45, 7) is 0.270. The minimum atomic E-state index is -3.39. The molecule has 18 heavy (non-hydrogen) atoms. The van der Waals surface area contributed by atoms with Crippen LogP contribution < -0.4 is 0 Å². The lowest BCUT2D eigenvalue weighted by molar-refractivity contribution is -0.121. The Kier molecular flexibility index (Phi) is 3.73. The van der Waals surface area contributed by atoms with Crippen molar-refractivity contribution in [3.8, 4) is 0 Å². The van der Waals surface area contributed by atoms with E-state index >= 15 is 0 Å². The first-order valence-electron chi connectivity index (χ1n) is 5.47. The zero-order valence-corrected chi connectivity index (χ0v) is 11.1. The maximum absolute atomic E-state index is 11.7. The molecule has 1 aliphatic heterocycles. The van der Waals surface area contributed by atoms with Gasteiger partial charge >= 0.3 is 0 Å². The molecule has 0 N–H and O–H groups in total. The largest absolute Gasteiger partial charge is 0.269 e. The first-order valence-corrected chi connectivity index (χ1v) is 7.46. The van der Waals surface area contributed by atoms with E-state index < -0.39 is 15.9 Å². The maximum Gasteiger partial charge on any atom is 0.260 e. The van der Waals surface area contributed by atoms with Gasteiger partial charge in [0, 0.05) is 17.6 Å². The summed E-state index contributed by atoms with van der Waals surface area (Å²) in [5.41, 5.74) is 0.796. The molecular weight excluding hydrogens is 274 g/mol. The molecule has 0 atom stereocenters. The third-order valence-corrected chi connectivity index (χ3v) is 4.72. The summed E-state index contributed by atoms with van der Waals surface area (Å²) < 4.78 is 23.9. The maximum atomic E-state index is 11.7. The fraction of sp³-hybridized carbons (Fsp3) is 0.250. The molecule has 0 aliphatic carbocycles. The van der Waals surface area contributed by atoms with Gasteiger partial charge in [0.25, 0.3) is 5.91 Å². The summed E-state index contributed by atoms with van der Waals surface area (Å²) in [5, 5.41) is 0.612. The second-order valence-corrected chi connectivity index (χ2v) is 6.41. The number of benzene rings is 1. The molecule has 0 bridgehead atoms. The van der Waals surface area contributed by atoms with Crippen LogP contribution in [0.2, 0.25) is 5.02 Å². The Hall–Kier alpha value is -1.33. The van der Waals surface area contributed by atoms with Gasteiger partial charge in [0.05, 0.1) is 5.75 Å². The van der Waals surface area contributed by atoms with Crippen LogP contribution in [-0.2, 0) is 14.8 Å². The highest BCUT2D eigenvalue weighted by Gasteiger charge is 2.30. The molecule has 96 valence electrons. The molecule has 4 nitrogen and oxygen atoms in total. The summed E-state index contributed by atoms with van der Waals surface area (Å²) in [6.07, 6.45) is 3.35. The Balaban J connectivity index is 2.10. The number of sulfonamides is 1. The Morgan fingerprint density at radius 3 is 2.50 bits per heavy atom. The van der Waals surface area contributed by atoms with E-state index in [1.54, 1.807) is 30.3 Å².